The Morgan fingerprint density at radius 2 is 1.93 bits per heavy atom. The molecule has 29 heavy (non-hydrogen) atoms. The number of rotatable bonds is 7. The van der Waals surface area contributed by atoms with E-state index in [1.807, 2.05) is 0 Å². The van der Waals surface area contributed by atoms with Gasteiger partial charge in [0.2, 0.25) is 0 Å². The van der Waals surface area contributed by atoms with Gasteiger partial charge in [0.05, 0.1) is 29.7 Å². The number of halogens is 2. The van der Waals surface area contributed by atoms with Gasteiger partial charge in [0, 0.05) is 25.0 Å². The van der Waals surface area contributed by atoms with Crippen LogP contribution >= 0.6 is 11.6 Å². The summed E-state index contributed by atoms with van der Waals surface area (Å²) in [6.45, 7) is 0.747. The third kappa shape index (κ3) is 4.98. The first-order chi connectivity index (χ1) is 14.0. The number of carbonyl (C=O) groups is 2. The molecule has 7 nitrogen and oxygen atoms in total. The minimum atomic E-state index is -0.430. The van der Waals surface area contributed by atoms with Gasteiger partial charge >= 0.3 is 0 Å². The summed E-state index contributed by atoms with van der Waals surface area (Å²) in [6, 6.07) is 10.3. The highest BCUT2D eigenvalue weighted by Gasteiger charge is 2.15. The number of imidazole rings is 1. The first kappa shape index (κ1) is 20.5. The number of hydrogen-bond donors (Lipinski definition) is 2. The van der Waals surface area contributed by atoms with Gasteiger partial charge in [0.25, 0.3) is 11.8 Å². The van der Waals surface area contributed by atoms with E-state index in [0.29, 0.717) is 24.5 Å². The van der Waals surface area contributed by atoms with Crippen molar-refractivity contribution in [2.24, 2.45) is 0 Å². The molecule has 1 aromatic heterocycles. The Labute approximate surface area is 171 Å². The van der Waals surface area contributed by atoms with E-state index >= 15 is 0 Å². The number of hydrogen-bond acceptors (Lipinski definition) is 4. The molecule has 0 radical (unpaired) electrons. The fraction of sp³-hybridized carbons (Fsp3) is 0.150. The zero-order chi connectivity index (χ0) is 20.8. The average Bonchev–Trinajstić information content (AvgIpc) is 3.19. The maximum atomic E-state index is 13.1. The van der Waals surface area contributed by atoms with Crippen LogP contribution in [0.3, 0.4) is 0 Å². The third-order valence-corrected chi connectivity index (χ3v) is 4.35. The normalized spacial score (nSPS) is 10.6. The van der Waals surface area contributed by atoms with Crippen molar-refractivity contribution < 1.29 is 18.7 Å². The summed E-state index contributed by atoms with van der Waals surface area (Å²) < 4.78 is 19.6. The Kier molecular flexibility index (Phi) is 6.58. The molecular weight excluding hydrogens is 399 g/mol. The second-order valence-corrected chi connectivity index (χ2v) is 6.43. The third-order valence-electron chi connectivity index (χ3n) is 4.04. The largest absolute Gasteiger partial charge is 0.383 e. The smallest absolute Gasteiger partial charge is 0.274 e. The fourth-order valence-electron chi connectivity index (χ4n) is 2.60. The molecule has 2 aromatic carbocycles. The average molecular weight is 417 g/mol. The van der Waals surface area contributed by atoms with E-state index in [2.05, 4.69) is 15.6 Å². The number of amides is 2. The monoisotopic (exact) mass is 416 g/mol. The lowest BCUT2D eigenvalue weighted by atomic mass is 10.2. The Balaban J connectivity index is 1.73. The lowest BCUT2D eigenvalue weighted by molar-refractivity contribution is 0.0936. The van der Waals surface area contributed by atoms with Crippen LogP contribution in [0.25, 0.3) is 5.69 Å². The first-order valence-electron chi connectivity index (χ1n) is 8.66. The van der Waals surface area contributed by atoms with Crippen molar-refractivity contribution in [1.82, 2.24) is 14.9 Å². The van der Waals surface area contributed by atoms with Crippen LogP contribution in [0.2, 0.25) is 5.02 Å². The van der Waals surface area contributed by atoms with Crippen LogP contribution in [-0.2, 0) is 4.74 Å². The van der Waals surface area contributed by atoms with Gasteiger partial charge in [-0.1, -0.05) is 11.6 Å². The van der Waals surface area contributed by atoms with Crippen molar-refractivity contribution in [1.29, 1.82) is 0 Å². The molecule has 0 fully saturated rings. The summed E-state index contributed by atoms with van der Waals surface area (Å²) in [7, 11) is 1.54. The Bertz CT molecular complexity index is 1020. The molecule has 0 bridgehead atoms. The van der Waals surface area contributed by atoms with Crippen molar-refractivity contribution in [2.45, 2.75) is 0 Å². The molecular formula is C20H18ClFN4O3. The van der Waals surface area contributed by atoms with Gasteiger partial charge in [0.1, 0.15) is 11.5 Å². The molecule has 1 heterocycles. The highest BCUT2D eigenvalue weighted by molar-refractivity contribution is 6.34. The summed E-state index contributed by atoms with van der Waals surface area (Å²) in [5.74, 6) is -1.14. The highest BCUT2D eigenvalue weighted by Crippen LogP contribution is 2.22. The van der Waals surface area contributed by atoms with E-state index < -0.39 is 5.91 Å². The molecule has 150 valence electrons. The predicted octanol–water partition coefficient (Wildman–Crippen LogP) is 3.29. The van der Waals surface area contributed by atoms with Gasteiger partial charge in [-0.3, -0.25) is 14.2 Å². The molecule has 0 atom stereocenters. The molecule has 3 rings (SSSR count). The van der Waals surface area contributed by atoms with Crippen LogP contribution in [0.4, 0.5) is 10.1 Å². The number of nitrogens with one attached hydrogen (secondary N) is 2. The number of carbonyl (C=O) groups excluding carboxylic acids is 2. The summed E-state index contributed by atoms with van der Waals surface area (Å²) >= 11 is 6.19. The quantitative estimate of drug-likeness (QED) is 0.579. The van der Waals surface area contributed by atoms with Crippen LogP contribution in [-0.4, -0.2) is 41.6 Å². The Hall–Kier alpha value is -3.23. The van der Waals surface area contributed by atoms with Crippen LogP contribution in [0.15, 0.2) is 55.0 Å². The van der Waals surface area contributed by atoms with E-state index in [4.69, 9.17) is 16.3 Å². The summed E-state index contributed by atoms with van der Waals surface area (Å²) in [4.78, 5) is 28.8. The van der Waals surface area contributed by atoms with Gasteiger partial charge in [-0.05, 0) is 42.5 Å². The van der Waals surface area contributed by atoms with Crippen molar-refractivity contribution in [3.8, 4) is 5.69 Å². The fourth-order valence-corrected chi connectivity index (χ4v) is 2.87. The Morgan fingerprint density at radius 1 is 1.17 bits per heavy atom. The SMILES string of the molecule is COCCNC(=O)c1ccc(NC(=O)c2cncn2-c2ccc(F)cc2)cc1Cl. The number of methoxy groups -OCH3 is 1. The van der Waals surface area contributed by atoms with Gasteiger partial charge in [-0.2, -0.15) is 0 Å². The standard InChI is InChI=1S/C20H18ClFN4O3/c1-29-9-8-24-19(27)16-7-4-14(10-17(16)21)25-20(28)18-11-23-12-26(18)15-5-2-13(22)3-6-15/h2-7,10-12H,8-9H2,1H3,(H,24,27)(H,25,28). The van der Waals surface area contributed by atoms with Crippen LogP contribution in [0.5, 0.6) is 0 Å². The molecule has 0 aliphatic rings. The van der Waals surface area contributed by atoms with Crippen molar-refractivity contribution >= 4 is 29.1 Å². The number of aromatic nitrogens is 2. The molecule has 0 aliphatic heterocycles. The summed E-state index contributed by atoms with van der Waals surface area (Å²) in [5, 5.41) is 5.59. The number of anilines is 1. The molecule has 0 unspecified atom stereocenters. The Morgan fingerprint density at radius 3 is 2.62 bits per heavy atom. The minimum Gasteiger partial charge on any atom is -0.383 e. The van der Waals surface area contributed by atoms with E-state index in [9.17, 15) is 14.0 Å². The van der Waals surface area contributed by atoms with Crippen molar-refractivity contribution in [2.75, 3.05) is 25.6 Å². The highest BCUT2D eigenvalue weighted by atomic mass is 35.5. The van der Waals surface area contributed by atoms with Gasteiger partial charge in [0.15, 0.2) is 0 Å². The second kappa shape index (κ2) is 9.31. The maximum absolute atomic E-state index is 13.1. The first-order valence-corrected chi connectivity index (χ1v) is 9.03. The second-order valence-electron chi connectivity index (χ2n) is 6.02. The van der Waals surface area contributed by atoms with Gasteiger partial charge < -0.3 is 15.4 Å². The van der Waals surface area contributed by atoms with Gasteiger partial charge in [-0.15, -0.1) is 0 Å². The molecule has 0 saturated heterocycles. The van der Waals surface area contributed by atoms with Crippen molar-refractivity contribution in [3.05, 3.63) is 77.1 Å². The molecule has 0 saturated carbocycles. The lowest BCUT2D eigenvalue weighted by Crippen LogP contribution is -2.27. The lowest BCUT2D eigenvalue weighted by Gasteiger charge is -2.11. The van der Waals surface area contributed by atoms with Gasteiger partial charge in [-0.25, -0.2) is 9.37 Å². The van der Waals surface area contributed by atoms with E-state index in [1.54, 1.807) is 25.3 Å². The molecule has 0 spiro atoms. The van der Waals surface area contributed by atoms with Crippen LogP contribution in [0.1, 0.15) is 20.8 Å². The summed E-state index contributed by atoms with van der Waals surface area (Å²) in [6.07, 6.45) is 2.86. The number of benzene rings is 2. The van der Waals surface area contributed by atoms with E-state index in [1.165, 1.54) is 41.4 Å². The zero-order valence-corrected chi connectivity index (χ0v) is 16.2. The summed E-state index contributed by atoms with van der Waals surface area (Å²) in [5.41, 5.74) is 1.56. The minimum absolute atomic E-state index is 0.199. The number of nitrogens with zero attached hydrogens (tertiary/aromatic N) is 2. The van der Waals surface area contributed by atoms with Crippen LogP contribution < -0.4 is 10.6 Å². The zero-order valence-electron chi connectivity index (χ0n) is 15.5. The molecule has 0 aliphatic carbocycles. The topological polar surface area (TPSA) is 85.2 Å². The molecule has 2 N–H and O–H groups in total. The van der Waals surface area contributed by atoms with E-state index in [0.717, 1.165) is 0 Å². The molecule has 3 aromatic rings. The van der Waals surface area contributed by atoms with E-state index in [-0.39, 0.29) is 28.0 Å². The molecule has 2 amide bonds. The number of ether oxygens (including phenoxy) is 1. The van der Waals surface area contributed by atoms with Crippen LogP contribution in [0, 0.1) is 5.82 Å². The maximum Gasteiger partial charge on any atom is 0.274 e. The molecule has 9 heteroatoms. The predicted molar refractivity (Wildman–Crippen MR) is 107 cm³/mol. The van der Waals surface area contributed by atoms with Crippen molar-refractivity contribution in [3.63, 3.8) is 0 Å².